The Morgan fingerprint density at radius 3 is 2.60 bits per heavy atom. The molecule has 0 aromatic heterocycles. The van der Waals surface area contributed by atoms with Gasteiger partial charge in [0.25, 0.3) is 0 Å². The summed E-state index contributed by atoms with van der Waals surface area (Å²) in [6, 6.07) is 0. The van der Waals surface area contributed by atoms with Gasteiger partial charge in [-0.25, -0.2) is 0 Å². The summed E-state index contributed by atoms with van der Waals surface area (Å²) < 4.78 is 10.6. The van der Waals surface area contributed by atoms with Gasteiger partial charge in [0.2, 0.25) is 0 Å². The maximum Gasteiger partial charge on any atom is 0.155 e. The van der Waals surface area contributed by atoms with Crippen molar-refractivity contribution in [1.29, 1.82) is 0 Å². The molecule has 10 heavy (non-hydrogen) atoms. The highest BCUT2D eigenvalue weighted by Crippen LogP contribution is 2.10. The molecule has 0 N–H and O–H groups in total. The van der Waals surface area contributed by atoms with E-state index in [-0.39, 0.29) is 12.4 Å². The fraction of sp³-hybridized carbons (Fsp3) is 1.00. The van der Waals surface area contributed by atoms with Crippen molar-refractivity contribution in [3.8, 4) is 0 Å². The summed E-state index contributed by atoms with van der Waals surface area (Å²) in [5.74, 6) is 0. The summed E-state index contributed by atoms with van der Waals surface area (Å²) in [6.07, 6.45) is 0.259. The highest BCUT2D eigenvalue weighted by atomic mass is 16.7. The molecule has 1 saturated heterocycles. The van der Waals surface area contributed by atoms with Crippen LogP contribution in [0, 0.1) is 0 Å². The Morgan fingerprint density at radius 2 is 2.20 bits per heavy atom. The molecule has 0 bridgehead atoms. The van der Waals surface area contributed by atoms with Crippen molar-refractivity contribution in [2.45, 2.75) is 19.3 Å². The molecule has 3 heteroatoms. The molecule has 0 aromatic carbocycles. The van der Waals surface area contributed by atoms with Crippen molar-refractivity contribution in [3.63, 3.8) is 0 Å². The molecule has 0 amide bonds. The predicted octanol–water partition coefficient (Wildman–Crippen LogP) is 0.309. The Morgan fingerprint density at radius 1 is 1.50 bits per heavy atom. The number of hydrogen-bond donors (Lipinski definition) is 0. The summed E-state index contributed by atoms with van der Waals surface area (Å²) in [4.78, 5) is 2.10. The SMILES string of the molecule is C[C@@H]1OCC(CN(C)C)O1. The molecule has 3 nitrogen and oxygen atoms in total. The van der Waals surface area contributed by atoms with E-state index in [4.69, 9.17) is 9.47 Å². The lowest BCUT2D eigenvalue weighted by Gasteiger charge is -2.13. The number of hydrogen-bond acceptors (Lipinski definition) is 3. The van der Waals surface area contributed by atoms with Gasteiger partial charge < -0.3 is 14.4 Å². The standard InChI is InChI=1S/C7H15NO2/c1-6-9-5-7(10-6)4-8(2)3/h6-7H,4-5H2,1-3H3/t6-,7?/m1/s1. The second kappa shape index (κ2) is 3.32. The van der Waals surface area contributed by atoms with Crippen LogP contribution in [0.25, 0.3) is 0 Å². The zero-order chi connectivity index (χ0) is 7.56. The van der Waals surface area contributed by atoms with Crippen molar-refractivity contribution < 1.29 is 9.47 Å². The summed E-state index contributed by atoms with van der Waals surface area (Å²) in [7, 11) is 4.07. The summed E-state index contributed by atoms with van der Waals surface area (Å²) in [5, 5.41) is 0. The van der Waals surface area contributed by atoms with Crippen LogP contribution in [0.5, 0.6) is 0 Å². The van der Waals surface area contributed by atoms with Gasteiger partial charge in [-0.15, -0.1) is 0 Å². The van der Waals surface area contributed by atoms with E-state index in [0.29, 0.717) is 0 Å². The van der Waals surface area contributed by atoms with Crippen molar-refractivity contribution in [3.05, 3.63) is 0 Å². The Labute approximate surface area is 61.9 Å². The minimum absolute atomic E-state index is 0.00931. The Hall–Kier alpha value is -0.120. The fourth-order valence-corrected chi connectivity index (χ4v) is 1.10. The van der Waals surface area contributed by atoms with Crippen LogP contribution in [0.1, 0.15) is 6.92 Å². The van der Waals surface area contributed by atoms with Crippen LogP contribution in [0.3, 0.4) is 0 Å². The molecule has 0 aliphatic carbocycles. The van der Waals surface area contributed by atoms with E-state index >= 15 is 0 Å². The Kier molecular flexibility index (Phi) is 2.65. The van der Waals surface area contributed by atoms with Gasteiger partial charge in [-0.05, 0) is 21.0 Å². The third-order valence-electron chi connectivity index (χ3n) is 1.47. The average Bonchev–Trinajstić information content (AvgIpc) is 2.13. The lowest BCUT2D eigenvalue weighted by molar-refractivity contribution is -0.0450. The third kappa shape index (κ3) is 2.25. The zero-order valence-corrected chi connectivity index (χ0v) is 6.83. The van der Waals surface area contributed by atoms with E-state index in [1.807, 2.05) is 21.0 Å². The van der Waals surface area contributed by atoms with Gasteiger partial charge >= 0.3 is 0 Å². The highest BCUT2D eigenvalue weighted by Gasteiger charge is 2.22. The minimum Gasteiger partial charge on any atom is -0.350 e. The summed E-state index contributed by atoms with van der Waals surface area (Å²) in [5.41, 5.74) is 0. The van der Waals surface area contributed by atoms with Gasteiger partial charge in [0.05, 0.1) is 12.7 Å². The van der Waals surface area contributed by atoms with Crippen molar-refractivity contribution >= 4 is 0 Å². The van der Waals surface area contributed by atoms with Gasteiger partial charge in [0, 0.05) is 6.54 Å². The fourth-order valence-electron chi connectivity index (χ4n) is 1.10. The maximum atomic E-state index is 5.41. The Bertz CT molecular complexity index is 106. The number of likely N-dealkylation sites (N-methyl/N-ethyl adjacent to an activating group) is 1. The summed E-state index contributed by atoms with van der Waals surface area (Å²) in [6.45, 7) is 3.61. The molecule has 0 aromatic rings. The molecular formula is C7H15NO2. The van der Waals surface area contributed by atoms with Gasteiger partial charge in [-0.3, -0.25) is 0 Å². The van der Waals surface area contributed by atoms with E-state index in [1.165, 1.54) is 0 Å². The second-order valence-electron chi connectivity index (χ2n) is 2.92. The number of ether oxygens (including phenoxy) is 2. The van der Waals surface area contributed by atoms with E-state index in [0.717, 1.165) is 13.2 Å². The van der Waals surface area contributed by atoms with Gasteiger partial charge in [0.1, 0.15) is 0 Å². The zero-order valence-electron chi connectivity index (χ0n) is 6.83. The molecule has 1 unspecified atom stereocenters. The predicted molar refractivity (Wildman–Crippen MR) is 38.8 cm³/mol. The molecule has 0 radical (unpaired) electrons. The van der Waals surface area contributed by atoms with Crippen LogP contribution in [0.15, 0.2) is 0 Å². The van der Waals surface area contributed by atoms with Crippen LogP contribution < -0.4 is 0 Å². The third-order valence-corrected chi connectivity index (χ3v) is 1.47. The topological polar surface area (TPSA) is 21.7 Å². The smallest absolute Gasteiger partial charge is 0.155 e. The quantitative estimate of drug-likeness (QED) is 0.558. The molecule has 2 atom stereocenters. The molecule has 1 heterocycles. The normalized spacial score (nSPS) is 33.6. The monoisotopic (exact) mass is 145 g/mol. The molecule has 0 spiro atoms. The molecule has 1 rings (SSSR count). The van der Waals surface area contributed by atoms with Crippen molar-refractivity contribution in [1.82, 2.24) is 4.90 Å². The van der Waals surface area contributed by atoms with E-state index < -0.39 is 0 Å². The lowest BCUT2D eigenvalue weighted by Crippen LogP contribution is -2.27. The minimum atomic E-state index is -0.00931. The lowest BCUT2D eigenvalue weighted by atomic mass is 10.4. The van der Waals surface area contributed by atoms with E-state index in [9.17, 15) is 0 Å². The van der Waals surface area contributed by atoms with Crippen LogP contribution in [0.4, 0.5) is 0 Å². The molecule has 1 aliphatic heterocycles. The van der Waals surface area contributed by atoms with Crippen molar-refractivity contribution in [2.24, 2.45) is 0 Å². The van der Waals surface area contributed by atoms with Crippen LogP contribution >= 0.6 is 0 Å². The number of nitrogens with zero attached hydrogens (tertiary/aromatic N) is 1. The first kappa shape index (κ1) is 7.98. The molecule has 1 aliphatic rings. The van der Waals surface area contributed by atoms with Crippen LogP contribution in [-0.2, 0) is 9.47 Å². The van der Waals surface area contributed by atoms with Crippen LogP contribution in [0.2, 0.25) is 0 Å². The largest absolute Gasteiger partial charge is 0.350 e. The van der Waals surface area contributed by atoms with Crippen LogP contribution in [-0.4, -0.2) is 44.5 Å². The molecule has 0 saturated carbocycles. The van der Waals surface area contributed by atoms with E-state index in [2.05, 4.69) is 4.90 Å². The van der Waals surface area contributed by atoms with E-state index in [1.54, 1.807) is 0 Å². The first-order valence-corrected chi connectivity index (χ1v) is 3.60. The van der Waals surface area contributed by atoms with Crippen molar-refractivity contribution in [2.75, 3.05) is 27.2 Å². The maximum absolute atomic E-state index is 5.41. The molecule has 60 valence electrons. The van der Waals surface area contributed by atoms with Gasteiger partial charge in [-0.1, -0.05) is 0 Å². The number of rotatable bonds is 2. The first-order valence-electron chi connectivity index (χ1n) is 3.60. The molecule has 1 fully saturated rings. The van der Waals surface area contributed by atoms with Gasteiger partial charge in [-0.2, -0.15) is 0 Å². The Balaban J connectivity index is 2.18. The van der Waals surface area contributed by atoms with Gasteiger partial charge in [0.15, 0.2) is 6.29 Å². The highest BCUT2D eigenvalue weighted by molar-refractivity contribution is 4.65. The second-order valence-corrected chi connectivity index (χ2v) is 2.92. The molecular weight excluding hydrogens is 130 g/mol. The summed E-state index contributed by atoms with van der Waals surface area (Å²) >= 11 is 0. The average molecular weight is 145 g/mol. The first-order chi connectivity index (χ1) is 4.68.